The van der Waals surface area contributed by atoms with Crippen LogP contribution in [0.15, 0.2) is 30.9 Å². The van der Waals surface area contributed by atoms with Crippen LogP contribution in [0.2, 0.25) is 0 Å². The fourth-order valence-electron chi connectivity index (χ4n) is 1.97. The molecule has 0 spiro atoms. The zero-order valence-corrected chi connectivity index (χ0v) is 12.3. The molecule has 2 aromatic rings. The van der Waals surface area contributed by atoms with Crippen molar-refractivity contribution in [3.8, 4) is 5.75 Å². The molecule has 0 saturated carbocycles. The Hall–Kier alpha value is -2.01. The van der Waals surface area contributed by atoms with E-state index in [0.29, 0.717) is 0 Å². The fraction of sp³-hybridized carbons (Fsp3) is 0.400. The van der Waals surface area contributed by atoms with Crippen LogP contribution in [0.4, 0.5) is 0 Å². The van der Waals surface area contributed by atoms with Gasteiger partial charge in [-0.05, 0) is 39.4 Å². The van der Waals surface area contributed by atoms with Crippen LogP contribution in [0.1, 0.15) is 36.8 Å². The molecule has 0 bridgehead atoms. The highest BCUT2D eigenvalue weighted by Crippen LogP contribution is 2.22. The molecule has 0 radical (unpaired) electrons. The summed E-state index contributed by atoms with van der Waals surface area (Å²) in [6.45, 7) is 5.91. The maximum atomic E-state index is 5.68. The van der Waals surface area contributed by atoms with E-state index in [9.17, 15) is 0 Å². The molecule has 0 fully saturated rings. The summed E-state index contributed by atoms with van der Waals surface area (Å²) in [5.74, 6) is 0.762. The Labute approximate surface area is 119 Å². The van der Waals surface area contributed by atoms with Gasteiger partial charge in [0.15, 0.2) is 0 Å². The number of aromatic nitrogens is 3. The van der Waals surface area contributed by atoms with E-state index in [-0.39, 0.29) is 12.1 Å². The summed E-state index contributed by atoms with van der Waals surface area (Å²) >= 11 is 0. The number of rotatable bonds is 5. The van der Waals surface area contributed by atoms with Crippen LogP contribution in [0, 0.1) is 6.92 Å². The Morgan fingerprint density at radius 2 is 1.90 bits per heavy atom. The third kappa shape index (κ3) is 3.51. The molecule has 2 aromatic heterocycles. The maximum Gasteiger partial charge on any atom is 0.138 e. The summed E-state index contributed by atoms with van der Waals surface area (Å²) in [6, 6.07) is 1.93. The molecule has 2 rings (SSSR count). The van der Waals surface area contributed by atoms with Crippen LogP contribution in [-0.4, -0.2) is 28.1 Å². The second-order valence-corrected chi connectivity index (χ2v) is 4.92. The van der Waals surface area contributed by atoms with E-state index in [1.807, 2.05) is 40.1 Å². The van der Waals surface area contributed by atoms with Crippen LogP contribution in [0.5, 0.6) is 5.75 Å². The molecule has 106 valence electrons. The first-order valence-corrected chi connectivity index (χ1v) is 6.67. The normalized spacial score (nSPS) is 12.4. The van der Waals surface area contributed by atoms with Gasteiger partial charge < -0.3 is 10.1 Å². The summed E-state index contributed by atoms with van der Waals surface area (Å²) in [7, 11) is 1.89. The Kier molecular flexibility index (Phi) is 4.63. The van der Waals surface area contributed by atoms with Crippen molar-refractivity contribution in [2.45, 2.75) is 32.9 Å². The van der Waals surface area contributed by atoms with Gasteiger partial charge in [0.05, 0.1) is 35.9 Å². The first kappa shape index (κ1) is 14.4. The van der Waals surface area contributed by atoms with Gasteiger partial charge in [-0.2, -0.15) is 0 Å². The lowest BCUT2D eigenvalue weighted by atomic mass is 10.1. The van der Waals surface area contributed by atoms with E-state index >= 15 is 0 Å². The topological polar surface area (TPSA) is 59.9 Å². The molecule has 5 nitrogen and oxygen atoms in total. The quantitative estimate of drug-likeness (QED) is 0.904. The second-order valence-electron chi connectivity index (χ2n) is 4.92. The summed E-state index contributed by atoms with van der Waals surface area (Å²) in [5.41, 5.74) is 2.77. The SMILES string of the molecule is CNC(c1cncc(OC(C)C)c1)c1cnc(C)cn1. The summed E-state index contributed by atoms with van der Waals surface area (Å²) in [5, 5.41) is 3.24. The van der Waals surface area contributed by atoms with E-state index in [2.05, 4.69) is 20.3 Å². The highest BCUT2D eigenvalue weighted by atomic mass is 16.5. The van der Waals surface area contributed by atoms with Crippen molar-refractivity contribution in [2.75, 3.05) is 7.05 Å². The van der Waals surface area contributed by atoms with Crippen molar-refractivity contribution >= 4 is 0 Å². The molecule has 20 heavy (non-hydrogen) atoms. The van der Waals surface area contributed by atoms with Gasteiger partial charge in [0, 0.05) is 12.4 Å². The van der Waals surface area contributed by atoms with Gasteiger partial charge in [-0.25, -0.2) is 0 Å². The van der Waals surface area contributed by atoms with Gasteiger partial charge in [-0.1, -0.05) is 0 Å². The number of ether oxygens (including phenoxy) is 1. The minimum Gasteiger partial charge on any atom is -0.489 e. The van der Waals surface area contributed by atoms with Crippen LogP contribution in [-0.2, 0) is 0 Å². The molecular formula is C15H20N4O. The van der Waals surface area contributed by atoms with Crippen molar-refractivity contribution in [1.82, 2.24) is 20.3 Å². The van der Waals surface area contributed by atoms with Crippen LogP contribution in [0.25, 0.3) is 0 Å². The minimum atomic E-state index is -0.0497. The van der Waals surface area contributed by atoms with Gasteiger partial charge >= 0.3 is 0 Å². The smallest absolute Gasteiger partial charge is 0.138 e. The first-order chi connectivity index (χ1) is 9.60. The average molecular weight is 272 g/mol. The Morgan fingerprint density at radius 3 is 2.50 bits per heavy atom. The molecule has 1 N–H and O–H groups in total. The van der Waals surface area contributed by atoms with Crippen molar-refractivity contribution < 1.29 is 4.74 Å². The highest BCUT2D eigenvalue weighted by Gasteiger charge is 2.15. The minimum absolute atomic E-state index is 0.0497. The van der Waals surface area contributed by atoms with Crippen LogP contribution >= 0.6 is 0 Å². The van der Waals surface area contributed by atoms with Crippen molar-refractivity contribution in [3.05, 3.63) is 47.8 Å². The number of nitrogens with one attached hydrogen (secondary N) is 1. The molecule has 2 heterocycles. The molecule has 0 amide bonds. The molecule has 1 atom stereocenters. The number of pyridine rings is 1. The van der Waals surface area contributed by atoms with Crippen LogP contribution < -0.4 is 10.1 Å². The zero-order chi connectivity index (χ0) is 14.5. The summed E-state index contributed by atoms with van der Waals surface area (Å²) in [6.07, 6.45) is 7.21. The fourth-order valence-corrected chi connectivity index (χ4v) is 1.97. The lowest BCUT2D eigenvalue weighted by Gasteiger charge is -2.17. The zero-order valence-electron chi connectivity index (χ0n) is 12.3. The number of nitrogens with zero attached hydrogens (tertiary/aromatic N) is 3. The van der Waals surface area contributed by atoms with E-state index in [4.69, 9.17) is 4.74 Å². The Bertz CT molecular complexity index is 554. The highest BCUT2D eigenvalue weighted by molar-refractivity contribution is 5.30. The predicted molar refractivity (Wildman–Crippen MR) is 77.7 cm³/mol. The predicted octanol–water partition coefficient (Wildman–Crippen LogP) is 2.28. The molecular weight excluding hydrogens is 252 g/mol. The van der Waals surface area contributed by atoms with E-state index in [1.165, 1.54) is 0 Å². The lowest BCUT2D eigenvalue weighted by molar-refractivity contribution is 0.241. The average Bonchev–Trinajstić information content (AvgIpc) is 2.41. The first-order valence-electron chi connectivity index (χ1n) is 6.67. The van der Waals surface area contributed by atoms with E-state index in [0.717, 1.165) is 22.7 Å². The number of hydrogen-bond donors (Lipinski definition) is 1. The molecule has 0 saturated heterocycles. The number of aryl methyl sites for hydroxylation is 1. The monoisotopic (exact) mass is 272 g/mol. The van der Waals surface area contributed by atoms with Gasteiger partial charge in [0.25, 0.3) is 0 Å². The third-order valence-electron chi connectivity index (χ3n) is 2.82. The molecule has 0 aliphatic carbocycles. The standard InChI is InChI=1S/C15H20N4O/c1-10(2)20-13-5-12(7-17-8-13)15(16-4)14-9-18-11(3)6-19-14/h5-10,15-16H,1-4H3. The summed E-state index contributed by atoms with van der Waals surface area (Å²) < 4.78 is 5.68. The van der Waals surface area contributed by atoms with Gasteiger partial charge in [-0.3, -0.25) is 15.0 Å². The van der Waals surface area contributed by atoms with Crippen molar-refractivity contribution in [1.29, 1.82) is 0 Å². The van der Waals surface area contributed by atoms with Crippen molar-refractivity contribution in [2.24, 2.45) is 0 Å². The Balaban J connectivity index is 2.29. The van der Waals surface area contributed by atoms with Crippen molar-refractivity contribution in [3.63, 3.8) is 0 Å². The van der Waals surface area contributed by atoms with E-state index in [1.54, 1.807) is 18.6 Å². The molecule has 0 aromatic carbocycles. The van der Waals surface area contributed by atoms with Gasteiger partial charge in [0.1, 0.15) is 5.75 Å². The molecule has 0 aliphatic heterocycles. The maximum absolute atomic E-state index is 5.68. The molecule has 0 aliphatic rings. The molecule has 5 heteroatoms. The second kappa shape index (κ2) is 6.43. The summed E-state index contributed by atoms with van der Waals surface area (Å²) in [4.78, 5) is 12.9. The molecule has 1 unspecified atom stereocenters. The number of hydrogen-bond acceptors (Lipinski definition) is 5. The van der Waals surface area contributed by atoms with Gasteiger partial charge in [0.2, 0.25) is 0 Å². The van der Waals surface area contributed by atoms with E-state index < -0.39 is 0 Å². The Morgan fingerprint density at radius 1 is 1.10 bits per heavy atom. The van der Waals surface area contributed by atoms with Gasteiger partial charge in [-0.15, -0.1) is 0 Å². The third-order valence-corrected chi connectivity index (χ3v) is 2.82. The van der Waals surface area contributed by atoms with Crippen LogP contribution in [0.3, 0.4) is 0 Å². The lowest BCUT2D eigenvalue weighted by Crippen LogP contribution is -2.19. The largest absolute Gasteiger partial charge is 0.489 e.